The van der Waals surface area contributed by atoms with Gasteiger partial charge in [-0.05, 0) is 24.1 Å². The van der Waals surface area contributed by atoms with Crippen LogP contribution in [-0.4, -0.2) is 24.0 Å². The van der Waals surface area contributed by atoms with Crippen molar-refractivity contribution in [2.24, 2.45) is 0 Å². The van der Waals surface area contributed by atoms with Gasteiger partial charge in [-0.1, -0.05) is 24.3 Å². The Balaban J connectivity index is 1.66. The highest BCUT2D eigenvalue weighted by molar-refractivity contribution is 5.96. The molecule has 1 aliphatic heterocycles. The first-order valence-electron chi connectivity index (χ1n) is 6.27. The van der Waals surface area contributed by atoms with Crippen molar-refractivity contribution in [3.63, 3.8) is 0 Å². The van der Waals surface area contributed by atoms with Gasteiger partial charge in [0.05, 0.1) is 0 Å². The molecule has 0 saturated carbocycles. The van der Waals surface area contributed by atoms with Crippen LogP contribution in [0.2, 0.25) is 0 Å². The number of hydrogen-bond donors (Lipinski definition) is 0. The number of carbonyl (C=O) groups excluding carboxylic acids is 1. The number of carbonyl (C=O) groups is 1. The first-order valence-corrected chi connectivity index (χ1v) is 6.27. The van der Waals surface area contributed by atoms with Crippen molar-refractivity contribution in [2.45, 2.75) is 6.42 Å². The van der Waals surface area contributed by atoms with Gasteiger partial charge in [-0.25, -0.2) is 4.98 Å². The first-order chi connectivity index (χ1) is 9.34. The molecule has 0 atom stereocenters. The lowest BCUT2D eigenvalue weighted by Gasteiger charge is -2.17. The molecule has 0 saturated heterocycles. The summed E-state index contributed by atoms with van der Waals surface area (Å²) in [5.74, 6) is 0.443. The summed E-state index contributed by atoms with van der Waals surface area (Å²) in [7, 11) is 0. The van der Waals surface area contributed by atoms with Crippen LogP contribution < -0.4 is 9.64 Å². The molecule has 1 amide bonds. The van der Waals surface area contributed by atoms with Crippen molar-refractivity contribution in [1.29, 1.82) is 0 Å². The number of nitrogens with zero attached hydrogens (tertiary/aromatic N) is 2. The van der Waals surface area contributed by atoms with Crippen molar-refractivity contribution in [3.8, 4) is 5.88 Å². The Bertz CT molecular complexity index is 584. The second kappa shape index (κ2) is 5.10. The van der Waals surface area contributed by atoms with Crippen LogP contribution in [0.3, 0.4) is 0 Å². The number of fused-ring (bicyclic) bond motifs is 1. The number of pyridine rings is 1. The van der Waals surface area contributed by atoms with E-state index in [4.69, 9.17) is 4.74 Å². The molecular weight excluding hydrogens is 240 g/mol. The highest BCUT2D eigenvalue weighted by atomic mass is 16.5. The van der Waals surface area contributed by atoms with Gasteiger partial charge >= 0.3 is 0 Å². The summed E-state index contributed by atoms with van der Waals surface area (Å²) in [6.45, 7) is 0.745. The standard InChI is InChI=1S/C15H14N2O2/c18-15(11-19-14-7-3-4-9-16-14)17-10-8-12-5-1-2-6-13(12)17/h1-7,9H,8,10-11H2. The van der Waals surface area contributed by atoms with E-state index in [0.717, 1.165) is 18.7 Å². The third kappa shape index (κ3) is 2.42. The van der Waals surface area contributed by atoms with E-state index in [-0.39, 0.29) is 12.5 Å². The van der Waals surface area contributed by atoms with E-state index < -0.39 is 0 Å². The van der Waals surface area contributed by atoms with E-state index in [9.17, 15) is 4.79 Å². The molecule has 0 bridgehead atoms. The second-order valence-electron chi connectivity index (χ2n) is 4.38. The van der Waals surface area contributed by atoms with E-state index in [2.05, 4.69) is 11.1 Å². The summed E-state index contributed by atoms with van der Waals surface area (Å²) >= 11 is 0. The zero-order chi connectivity index (χ0) is 13.1. The van der Waals surface area contributed by atoms with E-state index in [0.29, 0.717) is 5.88 Å². The molecule has 0 N–H and O–H groups in total. The molecule has 4 nitrogen and oxygen atoms in total. The van der Waals surface area contributed by atoms with Crippen LogP contribution in [0.4, 0.5) is 5.69 Å². The van der Waals surface area contributed by atoms with E-state index in [1.165, 1.54) is 5.56 Å². The van der Waals surface area contributed by atoms with Crippen LogP contribution in [0, 0.1) is 0 Å². The minimum atomic E-state index is -0.0318. The molecule has 4 heteroatoms. The highest BCUT2D eigenvalue weighted by Crippen LogP contribution is 2.27. The largest absolute Gasteiger partial charge is 0.468 e. The van der Waals surface area contributed by atoms with Crippen molar-refractivity contribution in [2.75, 3.05) is 18.1 Å². The minimum absolute atomic E-state index is 0.0192. The van der Waals surface area contributed by atoms with Crippen LogP contribution in [0.5, 0.6) is 5.88 Å². The monoisotopic (exact) mass is 254 g/mol. The number of hydrogen-bond acceptors (Lipinski definition) is 3. The van der Waals surface area contributed by atoms with Crippen LogP contribution in [-0.2, 0) is 11.2 Å². The molecule has 1 aliphatic rings. The predicted molar refractivity (Wildman–Crippen MR) is 72.2 cm³/mol. The van der Waals surface area contributed by atoms with Gasteiger partial charge in [0.2, 0.25) is 5.88 Å². The average molecular weight is 254 g/mol. The number of anilines is 1. The second-order valence-corrected chi connectivity index (χ2v) is 4.38. The molecule has 0 aliphatic carbocycles. The highest BCUT2D eigenvalue weighted by Gasteiger charge is 2.24. The maximum atomic E-state index is 12.2. The summed E-state index contributed by atoms with van der Waals surface area (Å²) in [6, 6.07) is 13.4. The smallest absolute Gasteiger partial charge is 0.264 e. The first kappa shape index (κ1) is 11.7. The summed E-state index contributed by atoms with van der Waals surface area (Å²) in [4.78, 5) is 18.0. The molecule has 0 spiro atoms. The molecule has 3 rings (SSSR count). The third-order valence-corrected chi connectivity index (χ3v) is 3.17. The van der Waals surface area contributed by atoms with Gasteiger partial charge < -0.3 is 9.64 Å². The molecule has 0 fully saturated rings. The van der Waals surface area contributed by atoms with E-state index >= 15 is 0 Å². The quantitative estimate of drug-likeness (QED) is 0.842. The summed E-state index contributed by atoms with van der Waals surface area (Å²) in [6.07, 6.45) is 2.55. The molecule has 0 radical (unpaired) electrons. The molecule has 1 aromatic heterocycles. The Kier molecular flexibility index (Phi) is 3.14. The van der Waals surface area contributed by atoms with Gasteiger partial charge in [0.1, 0.15) is 0 Å². The number of rotatable bonds is 3. The number of amides is 1. The van der Waals surface area contributed by atoms with Crippen LogP contribution in [0.15, 0.2) is 48.7 Å². The number of para-hydroxylation sites is 1. The Morgan fingerprint density at radius 2 is 2.05 bits per heavy atom. The van der Waals surface area contributed by atoms with Crippen LogP contribution >= 0.6 is 0 Å². The fourth-order valence-corrected chi connectivity index (χ4v) is 2.24. The van der Waals surface area contributed by atoms with Crippen molar-refractivity contribution in [1.82, 2.24) is 4.98 Å². The SMILES string of the molecule is O=C(COc1ccccn1)N1CCc2ccccc21. The normalized spacial score (nSPS) is 13.2. The maximum absolute atomic E-state index is 12.2. The molecule has 19 heavy (non-hydrogen) atoms. The van der Waals surface area contributed by atoms with Gasteiger partial charge in [-0.2, -0.15) is 0 Å². The summed E-state index contributed by atoms with van der Waals surface area (Å²) < 4.78 is 5.39. The van der Waals surface area contributed by atoms with Crippen molar-refractivity contribution < 1.29 is 9.53 Å². The fraction of sp³-hybridized carbons (Fsp3) is 0.200. The van der Waals surface area contributed by atoms with Crippen molar-refractivity contribution in [3.05, 3.63) is 54.2 Å². The Labute approximate surface area is 111 Å². The van der Waals surface area contributed by atoms with Gasteiger partial charge in [-0.3, -0.25) is 4.79 Å². The third-order valence-electron chi connectivity index (χ3n) is 3.17. The van der Waals surface area contributed by atoms with Gasteiger partial charge in [0, 0.05) is 24.5 Å². The van der Waals surface area contributed by atoms with Crippen molar-refractivity contribution >= 4 is 11.6 Å². The number of aromatic nitrogens is 1. The Morgan fingerprint density at radius 1 is 1.21 bits per heavy atom. The summed E-state index contributed by atoms with van der Waals surface area (Å²) in [5, 5.41) is 0. The van der Waals surface area contributed by atoms with Crippen LogP contribution in [0.25, 0.3) is 0 Å². The zero-order valence-electron chi connectivity index (χ0n) is 10.5. The lowest BCUT2D eigenvalue weighted by atomic mass is 10.2. The molecule has 1 aromatic carbocycles. The maximum Gasteiger partial charge on any atom is 0.264 e. The number of ether oxygens (including phenoxy) is 1. The molecule has 2 aromatic rings. The fourth-order valence-electron chi connectivity index (χ4n) is 2.24. The Hall–Kier alpha value is -2.36. The topological polar surface area (TPSA) is 42.4 Å². The van der Waals surface area contributed by atoms with Gasteiger partial charge in [-0.15, -0.1) is 0 Å². The molecule has 96 valence electrons. The number of benzene rings is 1. The van der Waals surface area contributed by atoms with Gasteiger partial charge in [0.15, 0.2) is 6.61 Å². The molecule has 2 heterocycles. The van der Waals surface area contributed by atoms with Crippen LogP contribution in [0.1, 0.15) is 5.56 Å². The lowest BCUT2D eigenvalue weighted by molar-refractivity contribution is -0.120. The van der Waals surface area contributed by atoms with Gasteiger partial charge in [0.25, 0.3) is 5.91 Å². The zero-order valence-corrected chi connectivity index (χ0v) is 10.5. The lowest BCUT2D eigenvalue weighted by Crippen LogP contribution is -2.33. The molecule has 0 unspecified atom stereocenters. The van der Waals surface area contributed by atoms with E-state index in [1.807, 2.05) is 30.3 Å². The average Bonchev–Trinajstić information content (AvgIpc) is 2.90. The summed E-state index contributed by atoms with van der Waals surface area (Å²) in [5.41, 5.74) is 2.21. The molecular formula is C15H14N2O2. The minimum Gasteiger partial charge on any atom is -0.468 e. The predicted octanol–water partition coefficient (Wildman–Crippen LogP) is 2.05. The van der Waals surface area contributed by atoms with E-state index in [1.54, 1.807) is 17.2 Å². The Morgan fingerprint density at radius 3 is 2.89 bits per heavy atom.